The third-order valence-corrected chi connectivity index (χ3v) is 6.51. The topological polar surface area (TPSA) is 52.2 Å². The fourth-order valence-electron chi connectivity index (χ4n) is 4.94. The molecule has 2 fully saturated rings. The molecular formula is C23H32N4O. The Morgan fingerprint density at radius 3 is 2.75 bits per heavy atom. The van der Waals surface area contributed by atoms with E-state index in [1.54, 1.807) is 6.92 Å². The Morgan fingerprint density at radius 1 is 1.07 bits per heavy atom. The largest absolute Gasteiger partial charge is 0.355 e. The molecule has 5 heteroatoms. The van der Waals surface area contributed by atoms with Crippen molar-refractivity contribution in [1.29, 1.82) is 0 Å². The first kappa shape index (κ1) is 19.2. The number of carbonyl (C=O) groups is 1. The number of nitrogens with zero attached hydrogens (tertiary/aromatic N) is 3. The molecule has 2 aliphatic heterocycles. The van der Waals surface area contributed by atoms with Gasteiger partial charge in [-0.05, 0) is 52.5 Å². The average molecular weight is 381 g/mol. The van der Waals surface area contributed by atoms with Gasteiger partial charge in [-0.3, -0.25) is 14.8 Å². The summed E-state index contributed by atoms with van der Waals surface area (Å²) in [5, 5.41) is 7.75. The van der Waals surface area contributed by atoms with Gasteiger partial charge >= 0.3 is 0 Å². The first-order valence-electron chi connectivity index (χ1n) is 10.8. The summed E-state index contributed by atoms with van der Waals surface area (Å²) in [5.41, 5.74) is 2.60. The standard InChI is InChI=1S/C23H32N4O/c1-17-8-5-6-14-27(17)19-9-7-13-26(15-12-19)23-16-22(24-25-23)21-11-4-3-10-20(21)18(2)28/h3-4,10-11,16-17,19H,5-9,12-15H2,1-2H3,(H,24,25). The van der Waals surface area contributed by atoms with Gasteiger partial charge in [-0.2, -0.15) is 5.10 Å². The maximum absolute atomic E-state index is 12.0. The van der Waals surface area contributed by atoms with Gasteiger partial charge < -0.3 is 4.90 Å². The van der Waals surface area contributed by atoms with Crippen LogP contribution in [-0.2, 0) is 0 Å². The number of aromatic nitrogens is 2. The van der Waals surface area contributed by atoms with Crippen LogP contribution < -0.4 is 4.90 Å². The summed E-state index contributed by atoms with van der Waals surface area (Å²) in [6.45, 7) is 7.38. The number of nitrogens with one attached hydrogen (secondary N) is 1. The van der Waals surface area contributed by atoms with E-state index >= 15 is 0 Å². The normalized spacial score (nSPS) is 24.1. The molecule has 0 aliphatic carbocycles. The summed E-state index contributed by atoms with van der Waals surface area (Å²) in [5.74, 6) is 1.08. The molecule has 0 bridgehead atoms. The van der Waals surface area contributed by atoms with Crippen molar-refractivity contribution in [2.75, 3.05) is 24.5 Å². The van der Waals surface area contributed by atoms with E-state index < -0.39 is 0 Å². The Balaban J connectivity index is 1.47. The van der Waals surface area contributed by atoms with Crippen LogP contribution in [0.4, 0.5) is 5.82 Å². The molecule has 0 amide bonds. The minimum absolute atomic E-state index is 0.0833. The van der Waals surface area contributed by atoms with Crippen molar-refractivity contribution in [3.63, 3.8) is 0 Å². The van der Waals surface area contributed by atoms with Gasteiger partial charge in [-0.25, -0.2) is 0 Å². The number of Topliss-reactive ketones (excluding diaryl/α,β-unsaturated/α-hetero) is 1. The van der Waals surface area contributed by atoms with Gasteiger partial charge in [-0.15, -0.1) is 0 Å². The van der Waals surface area contributed by atoms with Gasteiger partial charge in [0.25, 0.3) is 0 Å². The summed E-state index contributed by atoms with van der Waals surface area (Å²) in [7, 11) is 0. The fourth-order valence-corrected chi connectivity index (χ4v) is 4.94. The number of hydrogen-bond donors (Lipinski definition) is 1. The Kier molecular flexibility index (Phi) is 5.81. The van der Waals surface area contributed by atoms with E-state index in [4.69, 9.17) is 0 Å². The lowest BCUT2D eigenvalue weighted by Crippen LogP contribution is -2.45. The van der Waals surface area contributed by atoms with Crippen LogP contribution >= 0.6 is 0 Å². The van der Waals surface area contributed by atoms with Crippen molar-refractivity contribution in [3.05, 3.63) is 35.9 Å². The van der Waals surface area contributed by atoms with Crippen LogP contribution in [-0.4, -0.2) is 52.6 Å². The molecule has 0 saturated carbocycles. The van der Waals surface area contributed by atoms with Crippen molar-refractivity contribution in [1.82, 2.24) is 15.1 Å². The molecular weight excluding hydrogens is 348 g/mol. The number of hydrogen-bond acceptors (Lipinski definition) is 4. The first-order valence-corrected chi connectivity index (χ1v) is 10.8. The Bertz CT molecular complexity index is 814. The highest BCUT2D eigenvalue weighted by Crippen LogP contribution is 2.29. The summed E-state index contributed by atoms with van der Waals surface area (Å²) >= 11 is 0. The molecule has 1 aromatic carbocycles. The molecule has 2 aliphatic rings. The Hall–Kier alpha value is -2.14. The predicted octanol–water partition coefficient (Wildman–Crippen LogP) is 4.51. The van der Waals surface area contributed by atoms with E-state index in [-0.39, 0.29) is 5.78 Å². The van der Waals surface area contributed by atoms with Gasteiger partial charge in [0.15, 0.2) is 11.6 Å². The van der Waals surface area contributed by atoms with Crippen LogP contribution in [0.25, 0.3) is 11.3 Å². The number of likely N-dealkylation sites (tertiary alicyclic amines) is 1. The second-order valence-electron chi connectivity index (χ2n) is 8.40. The van der Waals surface area contributed by atoms with E-state index in [2.05, 4.69) is 33.0 Å². The summed E-state index contributed by atoms with van der Waals surface area (Å²) < 4.78 is 0. The van der Waals surface area contributed by atoms with Gasteiger partial charge in [-0.1, -0.05) is 30.7 Å². The summed E-state index contributed by atoms with van der Waals surface area (Å²) in [6, 6.07) is 11.3. The van der Waals surface area contributed by atoms with E-state index in [0.717, 1.165) is 41.8 Å². The Morgan fingerprint density at radius 2 is 1.93 bits per heavy atom. The maximum atomic E-state index is 12.0. The predicted molar refractivity (Wildman–Crippen MR) is 114 cm³/mol. The number of rotatable bonds is 4. The van der Waals surface area contributed by atoms with E-state index in [0.29, 0.717) is 6.04 Å². The van der Waals surface area contributed by atoms with Crippen molar-refractivity contribution in [2.45, 2.75) is 64.5 Å². The molecule has 4 rings (SSSR count). The van der Waals surface area contributed by atoms with Crippen molar-refractivity contribution >= 4 is 11.6 Å². The molecule has 2 atom stereocenters. The zero-order valence-corrected chi connectivity index (χ0v) is 17.2. The van der Waals surface area contributed by atoms with Crippen molar-refractivity contribution < 1.29 is 4.79 Å². The number of carbonyl (C=O) groups excluding carboxylic acids is 1. The number of benzene rings is 1. The molecule has 1 aromatic heterocycles. The fraction of sp³-hybridized carbons (Fsp3) is 0.565. The highest BCUT2D eigenvalue weighted by atomic mass is 16.1. The zero-order chi connectivity index (χ0) is 19.5. The molecule has 0 radical (unpaired) electrons. The monoisotopic (exact) mass is 380 g/mol. The molecule has 3 heterocycles. The van der Waals surface area contributed by atoms with Crippen LogP contribution in [0.15, 0.2) is 30.3 Å². The van der Waals surface area contributed by atoms with Crippen LogP contribution in [0, 0.1) is 0 Å². The first-order chi connectivity index (χ1) is 13.6. The van der Waals surface area contributed by atoms with E-state index in [9.17, 15) is 4.79 Å². The summed E-state index contributed by atoms with van der Waals surface area (Å²) in [6.07, 6.45) is 7.78. The van der Waals surface area contributed by atoms with Crippen LogP contribution in [0.3, 0.4) is 0 Å². The highest BCUT2D eigenvalue weighted by Gasteiger charge is 2.28. The zero-order valence-electron chi connectivity index (χ0n) is 17.2. The number of piperidine rings is 1. The second kappa shape index (κ2) is 8.48. The highest BCUT2D eigenvalue weighted by molar-refractivity contribution is 6.00. The minimum Gasteiger partial charge on any atom is -0.355 e. The van der Waals surface area contributed by atoms with Gasteiger partial charge in [0.1, 0.15) is 0 Å². The molecule has 28 heavy (non-hydrogen) atoms. The van der Waals surface area contributed by atoms with Crippen molar-refractivity contribution in [3.8, 4) is 11.3 Å². The number of aromatic amines is 1. The molecule has 2 unspecified atom stereocenters. The number of ketones is 1. The molecule has 5 nitrogen and oxygen atoms in total. The van der Waals surface area contributed by atoms with Crippen LogP contribution in [0.5, 0.6) is 0 Å². The molecule has 0 spiro atoms. The molecule has 1 N–H and O–H groups in total. The lowest BCUT2D eigenvalue weighted by molar-refractivity contribution is 0.0974. The maximum Gasteiger partial charge on any atom is 0.160 e. The van der Waals surface area contributed by atoms with Crippen LogP contribution in [0.2, 0.25) is 0 Å². The van der Waals surface area contributed by atoms with Gasteiger partial charge in [0.2, 0.25) is 0 Å². The molecule has 150 valence electrons. The summed E-state index contributed by atoms with van der Waals surface area (Å²) in [4.78, 5) is 17.1. The SMILES string of the molecule is CC(=O)c1ccccc1-c1cc(N2CCCC(N3CCCCC3C)CC2)n[nH]1. The molecule has 2 saturated heterocycles. The smallest absolute Gasteiger partial charge is 0.160 e. The number of H-pyrrole nitrogens is 1. The quantitative estimate of drug-likeness (QED) is 0.793. The Labute approximate surface area is 168 Å². The molecule has 2 aromatic rings. The van der Waals surface area contributed by atoms with E-state index in [1.165, 1.54) is 45.1 Å². The average Bonchev–Trinajstić information content (AvgIpc) is 3.07. The van der Waals surface area contributed by atoms with E-state index in [1.807, 2.05) is 24.3 Å². The number of anilines is 1. The van der Waals surface area contributed by atoms with Crippen LogP contribution in [0.1, 0.15) is 62.7 Å². The van der Waals surface area contributed by atoms with Gasteiger partial charge in [0, 0.05) is 42.4 Å². The lowest BCUT2D eigenvalue weighted by atomic mass is 9.98. The minimum atomic E-state index is 0.0833. The lowest BCUT2D eigenvalue weighted by Gasteiger charge is -2.39. The third kappa shape index (κ3) is 4.00. The third-order valence-electron chi connectivity index (χ3n) is 6.51. The van der Waals surface area contributed by atoms with Crippen molar-refractivity contribution in [2.24, 2.45) is 0 Å². The van der Waals surface area contributed by atoms with Gasteiger partial charge in [0.05, 0.1) is 5.69 Å². The second-order valence-corrected chi connectivity index (χ2v) is 8.40.